The molecular weight excluding hydrogens is 232 g/mol. The van der Waals surface area contributed by atoms with Gasteiger partial charge in [-0.3, -0.25) is 4.79 Å². The second kappa shape index (κ2) is 5.57. The van der Waals surface area contributed by atoms with Gasteiger partial charge in [-0.15, -0.1) is 0 Å². The third-order valence-electron chi connectivity index (χ3n) is 4.69. The Morgan fingerprint density at radius 3 is 2.50 bits per heavy atom. The maximum Gasteiger partial charge on any atom is 0.305 e. The fourth-order valence-electron chi connectivity index (χ4n) is 3.56. The molecule has 104 valence electrons. The normalized spacial score (nSPS) is 30.6. The Hall–Kier alpha value is -0.610. The van der Waals surface area contributed by atoms with Crippen molar-refractivity contribution >= 4 is 5.97 Å². The smallest absolute Gasteiger partial charge is 0.305 e. The summed E-state index contributed by atoms with van der Waals surface area (Å²) in [6.45, 7) is 3.54. The molecule has 2 fully saturated rings. The largest absolute Gasteiger partial charge is 0.469 e. The van der Waals surface area contributed by atoms with E-state index in [0.29, 0.717) is 19.6 Å². The standard InChI is InChI=1S/C14H24O4/c1-3-13(9-6-12(15)16-2)7-4-5-8-14(13)17-10-11-18-14/h3-11H2,1-2H3. The fourth-order valence-corrected chi connectivity index (χ4v) is 3.56. The number of carbonyl (C=O) groups is 1. The first kappa shape index (κ1) is 13.8. The van der Waals surface area contributed by atoms with Gasteiger partial charge in [-0.25, -0.2) is 0 Å². The quantitative estimate of drug-likeness (QED) is 0.725. The molecule has 1 atom stereocenters. The van der Waals surface area contributed by atoms with Gasteiger partial charge in [0.1, 0.15) is 0 Å². The Morgan fingerprint density at radius 1 is 1.22 bits per heavy atom. The summed E-state index contributed by atoms with van der Waals surface area (Å²) in [6.07, 6.45) is 6.64. The van der Waals surface area contributed by atoms with Crippen molar-refractivity contribution in [2.45, 2.75) is 57.7 Å². The molecule has 1 saturated carbocycles. The van der Waals surface area contributed by atoms with Crippen molar-refractivity contribution in [1.29, 1.82) is 0 Å². The minimum Gasteiger partial charge on any atom is -0.469 e. The lowest BCUT2D eigenvalue weighted by atomic mass is 9.65. The van der Waals surface area contributed by atoms with Gasteiger partial charge >= 0.3 is 5.97 Å². The van der Waals surface area contributed by atoms with Gasteiger partial charge in [0, 0.05) is 18.3 Å². The van der Waals surface area contributed by atoms with Gasteiger partial charge in [-0.2, -0.15) is 0 Å². The number of ether oxygens (including phenoxy) is 3. The van der Waals surface area contributed by atoms with Crippen LogP contribution in [0.5, 0.6) is 0 Å². The van der Waals surface area contributed by atoms with E-state index >= 15 is 0 Å². The van der Waals surface area contributed by atoms with Crippen molar-refractivity contribution in [3.8, 4) is 0 Å². The van der Waals surface area contributed by atoms with Crippen molar-refractivity contribution in [3.05, 3.63) is 0 Å². The van der Waals surface area contributed by atoms with E-state index in [9.17, 15) is 4.79 Å². The summed E-state index contributed by atoms with van der Waals surface area (Å²) in [4.78, 5) is 11.4. The second-order valence-corrected chi connectivity index (χ2v) is 5.37. The van der Waals surface area contributed by atoms with Gasteiger partial charge < -0.3 is 14.2 Å². The maximum absolute atomic E-state index is 11.4. The molecule has 2 aliphatic rings. The van der Waals surface area contributed by atoms with Gasteiger partial charge in [-0.05, 0) is 25.7 Å². The number of esters is 1. The molecule has 4 nitrogen and oxygen atoms in total. The lowest BCUT2D eigenvalue weighted by Crippen LogP contribution is -2.51. The zero-order chi connectivity index (χ0) is 13.1. The summed E-state index contributed by atoms with van der Waals surface area (Å²) < 4.78 is 16.7. The molecular formula is C14H24O4. The van der Waals surface area contributed by atoms with Crippen molar-refractivity contribution in [1.82, 2.24) is 0 Å². The van der Waals surface area contributed by atoms with E-state index in [-0.39, 0.29) is 11.4 Å². The van der Waals surface area contributed by atoms with Crippen LogP contribution in [0.2, 0.25) is 0 Å². The maximum atomic E-state index is 11.4. The summed E-state index contributed by atoms with van der Waals surface area (Å²) in [6, 6.07) is 0. The third-order valence-corrected chi connectivity index (χ3v) is 4.69. The van der Waals surface area contributed by atoms with Crippen LogP contribution in [0, 0.1) is 5.41 Å². The summed E-state index contributed by atoms with van der Waals surface area (Å²) >= 11 is 0. The molecule has 0 N–H and O–H groups in total. The number of hydrogen-bond acceptors (Lipinski definition) is 4. The molecule has 0 radical (unpaired) electrons. The predicted molar refractivity (Wildman–Crippen MR) is 67.1 cm³/mol. The van der Waals surface area contributed by atoms with Gasteiger partial charge in [0.2, 0.25) is 0 Å². The number of rotatable bonds is 4. The molecule has 1 saturated heterocycles. The van der Waals surface area contributed by atoms with E-state index in [2.05, 4.69) is 6.92 Å². The third kappa shape index (κ3) is 2.28. The molecule has 0 aromatic rings. The Morgan fingerprint density at radius 2 is 1.89 bits per heavy atom. The Balaban J connectivity index is 2.13. The van der Waals surface area contributed by atoms with Crippen LogP contribution in [0.25, 0.3) is 0 Å². The summed E-state index contributed by atoms with van der Waals surface area (Å²) in [5.74, 6) is -0.574. The van der Waals surface area contributed by atoms with E-state index < -0.39 is 5.79 Å². The van der Waals surface area contributed by atoms with Gasteiger partial charge in [-0.1, -0.05) is 13.3 Å². The molecule has 0 amide bonds. The topological polar surface area (TPSA) is 44.8 Å². The summed E-state index contributed by atoms with van der Waals surface area (Å²) in [5, 5.41) is 0. The van der Waals surface area contributed by atoms with E-state index in [4.69, 9.17) is 14.2 Å². The first-order valence-corrected chi connectivity index (χ1v) is 7.03. The van der Waals surface area contributed by atoms with Crippen molar-refractivity contribution in [3.63, 3.8) is 0 Å². The van der Waals surface area contributed by atoms with Gasteiger partial charge in [0.05, 0.1) is 20.3 Å². The lowest BCUT2D eigenvalue weighted by Gasteiger charge is -2.49. The molecule has 0 aromatic carbocycles. The highest BCUT2D eigenvalue weighted by atomic mass is 16.7. The molecule has 0 aromatic heterocycles. The van der Waals surface area contributed by atoms with Crippen LogP contribution in [-0.4, -0.2) is 32.1 Å². The average Bonchev–Trinajstić information content (AvgIpc) is 2.87. The number of carbonyl (C=O) groups excluding carboxylic acids is 1. The Bertz CT molecular complexity index is 296. The highest BCUT2D eigenvalue weighted by molar-refractivity contribution is 5.69. The van der Waals surface area contributed by atoms with Crippen LogP contribution in [-0.2, 0) is 19.0 Å². The minimum atomic E-state index is -0.436. The molecule has 1 spiro atoms. The van der Waals surface area contributed by atoms with Crippen molar-refractivity contribution in [2.75, 3.05) is 20.3 Å². The molecule has 1 aliphatic heterocycles. The first-order valence-electron chi connectivity index (χ1n) is 7.03. The lowest BCUT2D eigenvalue weighted by molar-refractivity contribution is -0.260. The minimum absolute atomic E-state index is 0.0179. The monoisotopic (exact) mass is 256 g/mol. The second-order valence-electron chi connectivity index (χ2n) is 5.37. The van der Waals surface area contributed by atoms with Gasteiger partial charge in [0.25, 0.3) is 0 Å². The zero-order valence-corrected chi connectivity index (χ0v) is 11.5. The SMILES string of the molecule is CCC1(CCC(=O)OC)CCCCC12OCCO2. The Kier molecular flexibility index (Phi) is 4.28. The van der Waals surface area contributed by atoms with Crippen LogP contribution >= 0.6 is 0 Å². The van der Waals surface area contributed by atoms with Crippen LogP contribution in [0.3, 0.4) is 0 Å². The van der Waals surface area contributed by atoms with Crippen molar-refractivity contribution in [2.24, 2.45) is 5.41 Å². The highest BCUT2D eigenvalue weighted by Crippen LogP contribution is 2.54. The first-order chi connectivity index (χ1) is 8.68. The predicted octanol–water partition coefficient (Wildman–Crippen LogP) is 2.65. The van der Waals surface area contributed by atoms with E-state index in [0.717, 1.165) is 32.1 Å². The summed E-state index contributed by atoms with van der Waals surface area (Å²) in [5.41, 5.74) is -0.0179. The fraction of sp³-hybridized carbons (Fsp3) is 0.929. The highest BCUT2D eigenvalue weighted by Gasteiger charge is 2.55. The number of methoxy groups -OCH3 is 1. The Labute approximate surface area is 109 Å². The van der Waals surface area contributed by atoms with E-state index in [1.807, 2.05) is 0 Å². The van der Waals surface area contributed by atoms with Crippen LogP contribution in [0.1, 0.15) is 51.9 Å². The van der Waals surface area contributed by atoms with Crippen LogP contribution < -0.4 is 0 Å². The molecule has 1 heterocycles. The van der Waals surface area contributed by atoms with Gasteiger partial charge in [0.15, 0.2) is 5.79 Å². The molecule has 1 aliphatic carbocycles. The molecule has 0 bridgehead atoms. The van der Waals surface area contributed by atoms with Crippen LogP contribution in [0.15, 0.2) is 0 Å². The molecule has 4 heteroatoms. The molecule has 18 heavy (non-hydrogen) atoms. The summed E-state index contributed by atoms with van der Waals surface area (Å²) in [7, 11) is 1.44. The van der Waals surface area contributed by atoms with Crippen molar-refractivity contribution < 1.29 is 19.0 Å². The zero-order valence-electron chi connectivity index (χ0n) is 11.5. The molecule has 1 unspecified atom stereocenters. The number of hydrogen-bond donors (Lipinski definition) is 0. The average molecular weight is 256 g/mol. The van der Waals surface area contributed by atoms with E-state index in [1.165, 1.54) is 13.5 Å². The molecule has 2 rings (SSSR count). The van der Waals surface area contributed by atoms with Crippen LogP contribution in [0.4, 0.5) is 0 Å². The van der Waals surface area contributed by atoms with E-state index in [1.54, 1.807) is 0 Å².